The molecule has 6 nitrogen and oxygen atoms in total. The molecule has 7 rings (SSSR count). The van der Waals surface area contributed by atoms with Crippen molar-refractivity contribution in [1.82, 2.24) is 0 Å². The molecule has 0 amide bonds. The van der Waals surface area contributed by atoms with Crippen LogP contribution in [0.2, 0.25) is 0 Å². The molecule has 0 unspecified atom stereocenters. The Morgan fingerprint density at radius 3 is 1.27 bits per heavy atom. The number of benzene rings is 4. The van der Waals surface area contributed by atoms with E-state index in [4.69, 9.17) is 9.47 Å². The zero-order valence-electron chi connectivity index (χ0n) is 33.2. The van der Waals surface area contributed by atoms with Crippen LogP contribution in [0.3, 0.4) is 0 Å². The maximum absolute atomic E-state index is 14.2. The lowest BCUT2D eigenvalue weighted by molar-refractivity contribution is 0.0725. The summed E-state index contributed by atoms with van der Waals surface area (Å²) in [6.45, 7) is 4.50. The van der Waals surface area contributed by atoms with Gasteiger partial charge >= 0.3 is 11.9 Å². The average molecular weight is 753 g/mol. The number of ketones is 2. The van der Waals surface area contributed by atoms with Crippen LogP contribution in [0.15, 0.2) is 84.9 Å². The van der Waals surface area contributed by atoms with Crippen molar-refractivity contribution < 1.29 is 28.7 Å². The van der Waals surface area contributed by atoms with Crippen LogP contribution >= 0.6 is 0 Å². The lowest BCUT2D eigenvalue weighted by Crippen LogP contribution is -2.24. The van der Waals surface area contributed by atoms with Crippen molar-refractivity contribution in [2.45, 2.75) is 128 Å². The first-order valence-corrected chi connectivity index (χ1v) is 21.3. The van der Waals surface area contributed by atoms with Crippen molar-refractivity contribution in [2.75, 3.05) is 0 Å². The summed E-state index contributed by atoms with van der Waals surface area (Å²) in [7, 11) is 0. The first-order valence-electron chi connectivity index (χ1n) is 21.3. The van der Waals surface area contributed by atoms with Crippen molar-refractivity contribution in [2.24, 2.45) is 11.8 Å². The molecule has 0 radical (unpaired) electrons. The quantitative estimate of drug-likeness (QED) is 0.0638. The first-order chi connectivity index (χ1) is 27.3. The largest absolute Gasteiger partial charge is 0.422 e. The number of hydrogen-bond acceptors (Lipinski definition) is 6. The van der Waals surface area contributed by atoms with Crippen LogP contribution in [0.1, 0.15) is 192 Å². The number of esters is 2. The molecule has 0 aliphatic heterocycles. The van der Waals surface area contributed by atoms with E-state index in [2.05, 4.69) is 13.8 Å². The Balaban J connectivity index is 1.01. The monoisotopic (exact) mass is 752 g/mol. The highest BCUT2D eigenvalue weighted by Crippen LogP contribution is 2.41. The van der Waals surface area contributed by atoms with Crippen LogP contribution in [-0.2, 0) is 0 Å². The maximum Gasteiger partial charge on any atom is 0.343 e. The number of rotatable bonds is 14. The Kier molecular flexibility index (Phi) is 12.9. The topological polar surface area (TPSA) is 86.7 Å². The number of ether oxygens (including phenoxy) is 2. The molecule has 4 aromatic carbocycles. The van der Waals surface area contributed by atoms with Gasteiger partial charge in [0, 0.05) is 11.1 Å². The Morgan fingerprint density at radius 2 is 0.893 bits per heavy atom. The van der Waals surface area contributed by atoms with Gasteiger partial charge in [0.25, 0.3) is 0 Å². The molecule has 0 saturated heterocycles. The lowest BCUT2D eigenvalue weighted by atomic mass is 9.77. The van der Waals surface area contributed by atoms with Gasteiger partial charge in [-0.3, -0.25) is 9.59 Å². The highest BCUT2D eigenvalue weighted by molar-refractivity contribution is 6.30. The summed E-state index contributed by atoms with van der Waals surface area (Å²) in [6.07, 6.45) is 20.1. The summed E-state index contributed by atoms with van der Waals surface area (Å²) in [5.41, 5.74) is 3.45. The number of carbonyl (C=O) groups excluding carboxylic acids is 4. The zero-order valence-corrected chi connectivity index (χ0v) is 33.2. The van der Waals surface area contributed by atoms with Gasteiger partial charge in [-0.15, -0.1) is 0 Å². The van der Waals surface area contributed by atoms with E-state index in [0.717, 1.165) is 37.5 Å². The molecule has 0 bridgehead atoms. The number of fused-ring (bicyclic) bond motifs is 2. The minimum absolute atomic E-state index is 0.00585. The van der Waals surface area contributed by atoms with E-state index >= 15 is 0 Å². The molecule has 0 heterocycles. The van der Waals surface area contributed by atoms with Gasteiger partial charge in [0.2, 0.25) is 5.78 Å². The van der Waals surface area contributed by atoms with Crippen molar-refractivity contribution in [3.05, 3.63) is 129 Å². The smallest absolute Gasteiger partial charge is 0.343 e. The highest BCUT2D eigenvalue weighted by atomic mass is 16.5. The minimum Gasteiger partial charge on any atom is -0.422 e. The van der Waals surface area contributed by atoms with E-state index in [1.807, 2.05) is 24.3 Å². The molecule has 0 spiro atoms. The zero-order chi connectivity index (χ0) is 39.0. The van der Waals surface area contributed by atoms with E-state index in [0.29, 0.717) is 23.0 Å². The SMILES string of the molecule is CCCCCC1CCC(c2ccc(C(=O)Oc3cccc4c3C(=O)c3c(OC(=O)c5ccc(C6CCC(CCCCC)CC6)cc5)cccc3C4=O)cc2)CC1. The molecule has 56 heavy (non-hydrogen) atoms. The van der Waals surface area contributed by atoms with Crippen molar-refractivity contribution in [3.8, 4) is 11.5 Å². The Morgan fingerprint density at radius 1 is 0.500 bits per heavy atom. The molecule has 3 aliphatic carbocycles. The van der Waals surface area contributed by atoms with Gasteiger partial charge < -0.3 is 9.47 Å². The molecular weight excluding hydrogens is 697 g/mol. The average Bonchev–Trinajstić information content (AvgIpc) is 3.23. The van der Waals surface area contributed by atoms with E-state index in [-0.39, 0.29) is 33.8 Å². The summed E-state index contributed by atoms with van der Waals surface area (Å²) in [5, 5.41) is 0. The fourth-order valence-electron chi connectivity index (χ4n) is 9.38. The van der Waals surface area contributed by atoms with Gasteiger partial charge in [-0.05, 0) is 123 Å². The van der Waals surface area contributed by atoms with Crippen LogP contribution in [-0.4, -0.2) is 23.5 Å². The molecule has 2 fully saturated rings. The second-order valence-electron chi connectivity index (χ2n) is 16.5. The summed E-state index contributed by atoms with van der Waals surface area (Å²) in [5.74, 6) is 0.451. The van der Waals surface area contributed by atoms with Gasteiger partial charge in [0.15, 0.2) is 5.78 Å². The predicted molar refractivity (Wildman–Crippen MR) is 220 cm³/mol. The Hall–Kier alpha value is -4.84. The Labute approximate surface area is 332 Å². The van der Waals surface area contributed by atoms with Gasteiger partial charge in [0.1, 0.15) is 11.5 Å². The molecule has 6 heteroatoms. The summed E-state index contributed by atoms with van der Waals surface area (Å²) in [4.78, 5) is 54.9. The normalized spacial score (nSPS) is 20.5. The Bertz CT molecular complexity index is 1870. The van der Waals surface area contributed by atoms with Crippen molar-refractivity contribution in [3.63, 3.8) is 0 Å². The maximum atomic E-state index is 14.2. The molecule has 292 valence electrons. The predicted octanol–water partition coefficient (Wildman–Crippen LogP) is 12.6. The number of hydrogen-bond donors (Lipinski definition) is 0. The van der Waals surface area contributed by atoms with Crippen LogP contribution in [0.25, 0.3) is 0 Å². The first kappa shape index (κ1) is 39.4. The van der Waals surface area contributed by atoms with Gasteiger partial charge in [-0.1, -0.05) is 114 Å². The van der Waals surface area contributed by atoms with E-state index in [1.54, 1.807) is 48.5 Å². The standard InChI is InChI=1S/C50H56O6/c1-3-5-7-11-33-17-21-35(22-18-33)37-25-29-39(30-26-37)49(53)55-43-15-9-13-41-45(43)48(52)46-42(47(41)51)14-10-16-44(46)56-50(54)40-31-27-38(28-32-40)36-23-19-34(20-24-36)12-8-6-4-2/h9-10,13-16,25-36H,3-8,11-12,17-24H2,1-2H3. The molecule has 0 aromatic heterocycles. The van der Waals surface area contributed by atoms with Gasteiger partial charge in [-0.25, -0.2) is 9.59 Å². The number of unbranched alkanes of at least 4 members (excludes halogenated alkanes) is 4. The third-order valence-corrected chi connectivity index (χ3v) is 12.8. The summed E-state index contributed by atoms with van der Waals surface area (Å²) in [6, 6.07) is 24.6. The fraction of sp³-hybridized carbons (Fsp3) is 0.440. The van der Waals surface area contributed by atoms with Crippen LogP contribution in [0.5, 0.6) is 11.5 Å². The van der Waals surface area contributed by atoms with E-state index < -0.39 is 23.5 Å². The molecule has 0 atom stereocenters. The van der Waals surface area contributed by atoms with Gasteiger partial charge in [0.05, 0.1) is 22.3 Å². The fourth-order valence-corrected chi connectivity index (χ4v) is 9.38. The highest BCUT2D eigenvalue weighted by Gasteiger charge is 2.36. The summed E-state index contributed by atoms with van der Waals surface area (Å²) >= 11 is 0. The molecule has 2 saturated carbocycles. The molecular formula is C50H56O6. The third kappa shape index (κ3) is 8.90. The van der Waals surface area contributed by atoms with Crippen molar-refractivity contribution in [1.29, 1.82) is 0 Å². The van der Waals surface area contributed by atoms with Crippen molar-refractivity contribution >= 4 is 23.5 Å². The second kappa shape index (κ2) is 18.4. The van der Waals surface area contributed by atoms with Crippen LogP contribution in [0.4, 0.5) is 0 Å². The lowest BCUT2D eigenvalue weighted by Gasteiger charge is -2.29. The van der Waals surface area contributed by atoms with Gasteiger partial charge in [-0.2, -0.15) is 0 Å². The second-order valence-corrected chi connectivity index (χ2v) is 16.5. The third-order valence-electron chi connectivity index (χ3n) is 12.8. The van der Waals surface area contributed by atoms with E-state index in [1.165, 1.54) is 100 Å². The van der Waals surface area contributed by atoms with Crippen LogP contribution < -0.4 is 9.47 Å². The van der Waals surface area contributed by atoms with Crippen LogP contribution in [0, 0.1) is 11.8 Å². The minimum atomic E-state index is -0.612. The molecule has 4 aromatic rings. The summed E-state index contributed by atoms with van der Waals surface area (Å²) < 4.78 is 11.7. The molecule has 3 aliphatic rings. The molecule has 0 N–H and O–H groups in total. The van der Waals surface area contributed by atoms with E-state index in [9.17, 15) is 19.2 Å². The number of carbonyl (C=O) groups is 4.